The summed E-state index contributed by atoms with van der Waals surface area (Å²) < 4.78 is 24.3. The number of amides is 1. The minimum Gasteiger partial charge on any atom is -0.485 e. The molecule has 4 heterocycles. The summed E-state index contributed by atoms with van der Waals surface area (Å²) in [5, 5.41) is 0. The van der Waals surface area contributed by atoms with Crippen LogP contribution in [0, 0.1) is 5.41 Å². The second-order valence-corrected chi connectivity index (χ2v) is 11.4. The first-order valence-electron chi connectivity index (χ1n) is 14.1. The third kappa shape index (κ3) is 5.25. The molecule has 2 aromatic rings. The summed E-state index contributed by atoms with van der Waals surface area (Å²) in [5.41, 5.74) is 1.73. The van der Waals surface area contributed by atoms with E-state index in [1.807, 2.05) is 36.1 Å². The normalized spacial score (nSPS) is 23.2. The first-order chi connectivity index (χ1) is 18.5. The lowest BCUT2D eigenvalue weighted by Crippen LogP contribution is -2.66. The first kappa shape index (κ1) is 25.2. The van der Waals surface area contributed by atoms with Crippen LogP contribution in [0.5, 0.6) is 17.5 Å². The van der Waals surface area contributed by atoms with Crippen molar-refractivity contribution in [1.29, 1.82) is 0 Å². The van der Waals surface area contributed by atoms with Gasteiger partial charge in [-0.3, -0.25) is 0 Å². The number of ether oxygens (including phenoxy) is 4. The van der Waals surface area contributed by atoms with Crippen molar-refractivity contribution in [3.8, 4) is 28.8 Å². The molecule has 38 heavy (non-hydrogen) atoms. The van der Waals surface area contributed by atoms with Crippen molar-refractivity contribution in [3.63, 3.8) is 0 Å². The topological polar surface area (TPSA) is 86.2 Å². The highest BCUT2D eigenvalue weighted by Gasteiger charge is 2.55. The fraction of sp³-hybridized carbons (Fsp3) is 0.621. The summed E-state index contributed by atoms with van der Waals surface area (Å²) in [6, 6.07) is 7.75. The summed E-state index contributed by atoms with van der Waals surface area (Å²) in [5.74, 6) is 1.75. The second kappa shape index (κ2) is 10.6. The quantitative estimate of drug-likeness (QED) is 0.499. The van der Waals surface area contributed by atoms with E-state index in [1.54, 1.807) is 6.20 Å². The van der Waals surface area contributed by atoms with E-state index in [1.165, 1.54) is 0 Å². The zero-order valence-electron chi connectivity index (χ0n) is 22.4. The number of pyridine rings is 2. The molecule has 9 heteroatoms. The Morgan fingerprint density at radius 3 is 2.58 bits per heavy atom. The van der Waals surface area contributed by atoms with Crippen molar-refractivity contribution < 1.29 is 23.7 Å². The van der Waals surface area contributed by atoms with Gasteiger partial charge < -0.3 is 28.7 Å². The third-order valence-corrected chi connectivity index (χ3v) is 8.28. The standard InChI is InChI=1S/C29H38N4O5/c1-3-35-26-23(9-6-13-30-26)24-10-11-25(27(31-24)37-21-12-14-32(2)17-21)36-22-15-29(16-22)18-33(19-29)28(34)38-20-7-4-5-8-20/h6,9-11,13,20-22H,3-5,7-8,12,14-19H2,1-2H3. The SMILES string of the molecule is CCOc1ncccc1-c1ccc(OC2CC3(C2)CN(C(=O)OC2CCCC2)C3)c(OC2CCN(C)C2)n1. The maximum atomic E-state index is 12.5. The van der Waals surface area contributed by atoms with Gasteiger partial charge in [0.05, 0.1) is 17.9 Å². The Hall–Kier alpha value is -3.07. The number of likely N-dealkylation sites (N-methyl/N-ethyl adjacent to an activating group) is 1. The molecule has 204 valence electrons. The lowest BCUT2D eigenvalue weighted by Gasteiger charge is -2.57. The van der Waals surface area contributed by atoms with Gasteiger partial charge >= 0.3 is 6.09 Å². The molecule has 1 amide bonds. The molecular formula is C29H38N4O5. The number of carbonyl (C=O) groups is 1. The Morgan fingerprint density at radius 1 is 1.03 bits per heavy atom. The molecule has 1 unspecified atom stereocenters. The maximum Gasteiger partial charge on any atom is 0.410 e. The largest absolute Gasteiger partial charge is 0.485 e. The fourth-order valence-electron chi connectivity index (χ4n) is 6.28. The monoisotopic (exact) mass is 522 g/mol. The molecule has 1 spiro atoms. The predicted octanol–water partition coefficient (Wildman–Crippen LogP) is 4.55. The van der Waals surface area contributed by atoms with E-state index in [0.717, 1.165) is 82.4 Å². The van der Waals surface area contributed by atoms with E-state index in [2.05, 4.69) is 16.9 Å². The number of hydrogen-bond acceptors (Lipinski definition) is 8. The van der Waals surface area contributed by atoms with Crippen molar-refractivity contribution >= 4 is 6.09 Å². The molecule has 0 radical (unpaired) electrons. The Bertz CT molecular complexity index is 1140. The molecule has 2 saturated heterocycles. The molecule has 2 aliphatic heterocycles. The van der Waals surface area contributed by atoms with Gasteiger partial charge in [-0.2, -0.15) is 0 Å². The summed E-state index contributed by atoms with van der Waals surface area (Å²) in [6.45, 7) is 5.86. The van der Waals surface area contributed by atoms with Gasteiger partial charge in [-0.15, -0.1) is 0 Å². The van der Waals surface area contributed by atoms with Crippen molar-refractivity contribution in [2.45, 2.75) is 70.2 Å². The van der Waals surface area contributed by atoms with Crippen LogP contribution in [0.4, 0.5) is 4.79 Å². The molecule has 2 saturated carbocycles. The average Bonchev–Trinajstić information content (AvgIpc) is 3.52. The number of nitrogens with zero attached hydrogens (tertiary/aromatic N) is 4. The number of likely N-dealkylation sites (tertiary alicyclic amines) is 2. The smallest absolute Gasteiger partial charge is 0.410 e. The number of hydrogen-bond donors (Lipinski definition) is 0. The fourth-order valence-corrected chi connectivity index (χ4v) is 6.28. The molecule has 0 N–H and O–H groups in total. The number of carbonyl (C=O) groups excluding carboxylic acids is 1. The van der Waals surface area contributed by atoms with E-state index in [4.69, 9.17) is 23.9 Å². The Kier molecular flexibility index (Phi) is 7.03. The zero-order chi connectivity index (χ0) is 26.1. The van der Waals surface area contributed by atoms with Gasteiger partial charge in [0, 0.05) is 37.8 Å². The van der Waals surface area contributed by atoms with Crippen LogP contribution in [0.2, 0.25) is 0 Å². The van der Waals surface area contributed by atoms with E-state index in [-0.39, 0.29) is 29.8 Å². The van der Waals surface area contributed by atoms with Gasteiger partial charge in [-0.05, 0) is 83.2 Å². The third-order valence-electron chi connectivity index (χ3n) is 8.28. The molecule has 0 bridgehead atoms. The summed E-state index contributed by atoms with van der Waals surface area (Å²) >= 11 is 0. The minimum atomic E-state index is -0.147. The number of rotatable bonds is 8. The molecule has 9 nitrogen and oxygen atoms in total. The first-order valence-corrected chi connectivity index (χ1v) is 14.1. The Morgan fingerprint density at radius 2 is 1.84 bits per heavy atom. The lowest BCUT2D eigenvalue weighted by molar-refractivity contribution is -0.113. The molecule has 4 aliphatic rings. The Balaban J connectivity index is 1.11. The van der Waals surface area contributed by atoms with E-state index >= 15 is 0 Å². The van der Waals surface area contributed by atoms with Crippen molar-refractivity contribution in [3.05, 3.63) is 30.5 Å². The van der Waals surface area contributed by atoms with E-state index < -0.39 is 0 Å². The average molecular weight is 523 g/mol. The molecule has 1 atom stereocenters. The molecule has 2 aromatic heterocycles. The van der Waals surface area contributed by atoms with Gasteiger partial charge in [0.25, 0.3) is 5.88 Å². The molecule has 2 aliphatic carbocycles. The van der Waals surface area contributed by atoms with Crippen LogP contribution in [0.25, 0.3) is 11.3 Å². The van der Waals surface area contributed by atoms with E-state index in [0.29, 0.717) is 24.1 Å². The highest BCUT2D eigenvalue weighted by molar-refractivity contribution is 5.69. The van der Waals surface area contributed by atoms with Gasteiger partial charge in [0.1, 0.15) is 18.3 Å². The molecule has 4 fully saturated rings. The van der Waals surface area contributed by atoms with Gasteiger partial charge in [0.15, 0.2) is 5.75 Å². The second-order valence-electron chi connectivity index (χ2n) is 11.4. The van der Waals surface area contributed by atoms with Crippen LogP contribution >= 0.6 is 0 Å². The lowest BCUT2D eigenvalue weighted by atomic mass is 9.62. The number of aromatic nitrogens is 2. The highest BCUT2D eigenvalue weighted by Crippen LogP contribution is 2.50. The van der Waals surface area contributed by atoms with Crippen LogP contribution in [-0.4, -0.2) is 84.0 Å². The van der Waals surface area contributed by atoms with Crippen LogP contribution < -0.4 is 14.2 Å². The van der Waals surface area contributed by atoms with Crippen LogP contribution in [0.3, 0.4) is 0 Å². The molecule has 0 aromatic carbocycles. The van der Waals surface area contributed by atoms with Crippen molar-refractivity contribution in [1.82, 2.24) is 19.8 Å². The van der Waals surface area contributed by atoms with Gasteiger partial charge in [-0.1, -0.05) is 0 Å². The van der Waals surface area contributed by atoms with Gasteiger partial charge in [-0.25, -0.2) is 14.8 Å². The Labute approximate surface area is 224 Å². The summed E-state index contributed by atoms with van der Waals surface area (Å²) in [6.07, 6.45) is 8.98. The van der Waals surface area contributed by atoms with Crippen LogP contribution in [-0.2, 0) is 4.74 Å². The van der Waals surface area contributed by atoms with Crippen molar-refractivity contribution in [2.24, 2.45) is 5.41 Å². The molecule has 6 rings (SSSR count). The maximum absolute atomic E-state index is 12.5. The summed E-state index contributed by atoms with van der Waals surface area (Å²) in [7, 11) is 2.11. The molecular weight excluding hydrogens is 484 g/mol. The summed E-state index contributed by atoms with van der Waals surface area (Å²) in [4.78, 5) is 25.8. The van der Waals surface area contributed by atoms with Crippen LogP contribution in [0.15, 0.2) is 30.5 Å². The predicted molar refractivity (Wildman–Crippen MR) is 142 cm³/mol. The zero-order valence-corrected chi connectivity index (χ0v) is 22.4. The van der Waals surface area contributed by atoms with Gasteiger partial charge in [0.2, 0.25) is 5.88 Å². The van der Waals surface area contributed by atoms with Crippen molar-refractivity contribution in [2.75, 3.05) is 39.8 Å². The minimum absolute atomic E-state index is 0.0733. The highest BCUT2D eigenvalue weighted by atomic mass is 16.6. The van der Waals surface area contributed by atoms with Crippen LogP contribution in [0.1, 0.15) is 51.9 Å². The van der Waals surface area contributed by atoms with E-state index in [9.17, 15) is 4.79 Å².